The summed E-state index contributed by atoms with van der Waals surface area (Å²) < 4.78 is 13.5. The molecule has 2 rings (SSSR count). The minimum atomic E-state index is -0.194. The molecule has 0 aliphatic heterocycles. The number of thiol groups is 1. The van der Waals surface area contributed by atoms with E-state index in [1.54, 1.807) is 44.2 Å². The van der Waals surface area contributed by atoms with Crippen LogP contribution in [0.2, 0.25) is 0 Å². The van der Waals surface area contributed by atoms with Crippen LogP contribution in [0.25, 0.3) is 0 Å². The Morgan fingerprint density at radius 1 is 1.20 bits per heavy atom. The third-order valence-corrected chi connectivity index (χ3v) is 3.49. The highest BCUT2D eigenvalue weighted by atomic mass is 32.1. The van der Waals surface area contributed by atoms with E-state index in [0.717, 1.165) is 5.56 Å². The molecule has 2 aromatic rings. The smallest absolute Gasteiger partial charge is 0.252 e. The number of hydrogen-bond donors (Lipinski definition) is 2. The summed E-state index contributed by atoms with van der Waals surface area (Å²) in [7, 11) is 0. The Kier molecular flexibility index (Phi) is 4.45. The monoisotopic (exact) mass is 289 g/mol. The van der Waals surface area contributed by atoms with E-state index in [2.05, 4.69) is 17.9 Å². The molecule has 0 atom stereocenters. The number of rotatable bonds is 3. The summed E-state index contributed by atoms with van der Waals surface area (Å²) in [4.78, 5) is 12.7. The van der Waals surface area contributed by atoms with Crippen LogP contribution in [0.3, 0.4) is 0 Å². The first-order chi connectivity index (χ1) is 9.49. The van der Waals surface area contributed by atoms with Crippen LogP contribution in [0, 0.1) is 19.7 Å². The fourth-order valence-corrected chi connectivity index (χ4v) is 2.34. The van der Waals surface area contributed by atoms with E-state index in [-0.39, 0.29) is 11.7 Å². The van der Waals surface area contributed by atoms with Gasteiger partial charge in [0.15, 0.2) is 0 Å². The number of hydrogen-bond acceptors (Lipinski definition) is 2. The van der Waals surface area contributed by atoms with Crippen molar-refractivity contribution < 1.29 is 9.18 Å². The van der Waals surface area contributed by atoms with Gasteiger partial charge in [-0.1, -0.05) is 24.3 Å². The first-order valence-corrected chi connectivity index (χ1v) is 6.75. The number of benzene rings is 2. The molecule has 0 radical (unpaired) electrons. The predicted octanol–water partition coefficient (Wildman–Crippen LogP) is 3.66. The average Bonchev–Trinajstić information content (AvgIpc) is 2.42. The average molecular weight is 289 g/mol. The molecule has 0 bridgehead atoms. The predicted molar refractivity (Wildman–Crippen MR) is 80.7 cm³/mol. The SMILES string of the molecule is Cc1cc(CNC(=O)c2ccccc2S)cc(C)c1F. The molecule has 104 valence electrons. The third kappa shape index (κ3) is 3.20. The van der Waals surface area contributed by atoms with Gasteiger partial charge in [-0.15, -0.1) is 12.6 Å². The molecule has 0 saturated carbocycles. The van der Waals surface area contributed by atoms with E-state index in [4.69, 9.17) is 0 Å². The zero-order valence-electron chi connectivity index (χ0n) is 11.4. The summed E-state index contributed by atoms with van der Waals surface area (Å²) in [6.07, 6.45) is 0. The van der Waals surface area contributed by atoms with Crippen molar-refractivity contribution in [3.63, 3.8) is 0 Å². The maximum atomic E-state index is 13.5. The summed E-state index contributed by atoms with van der Waals surface area (Å²) in [5.41, 5.74) is 2.59. The minimum absolute atomic E-state index is 0.185. The van der Waals surface area contributed by atoms with E-state index in [1.807, 2.05) is 6.07 Å². The highest BCUT2D eigenvalue weighted by molar-refractivity contribution is 7.80. The number of halogens is 1. The fraction of sp³-hybridized carbons (Fsp3) is 0.188. The Morgan fingerprint density at radius 2 is 1.80 bits per heavy atom. The van der Waals surface area contributed by atoms with Crippen LogP contribution in [0.15, 0.2) is 41.3 Å². The van der Waals surface area contributed by atoms with Crippen LogP contribution in [0.4, 0.5) is 4.39 Å². The van der Waals surface area contributed by atoms with Crippen LogP contribution in [-0.2, 0) is 6.54 Å². The fourth-order valence-electron chi connectivity index (χ4n) is 2.08. The zero-order valence-corrected chi connectivity index (χ0v) is 12.3. The molecule has 0 spiro atoms. The molecule has 2 nitrogen and oxygen atoms in total. The molecule has 2 aromatic carbocycles. The molecule has 0 aliphatic carbocycles. The Hall–Kier alpha value is -1.81. The lowest BCUT2D eigenvalue weighted by atomic mass is 10.1. The first-order valence-electron chi connectivity index (χ1n) is 6.31. The Balaban J connectivity index is 2.10. The second-order valence-corrected chi connectivity index (χ2v) is 5.23. The van der Waals surface area contributed by atoms with Crippen LogP contribution in [-0.4, -0.2) is 5.91 Å². The summed E-state index contributed by atoms with van der Waals surface area (Å²) >= 11 is 4.25. The molecule has 1 N–H and O–H groups in total. The van der Waals surface area contributed by atoms with Gasteiger partial charge >= 0.3 is 0 Å². The van der Waals surface area contributed by atoms with E-state index in [0.29, 0.717) is 28.1 Å². The maximum absolute atomic E-state index is 13.5. The summed E-state index contributed by atoms with van der Waals surface area (Å²) in [6, 6.07) is 10.6. The van der Waals surface area contributed by atoms with Gasteiger partial charge in [-0.25, -0.2) is 4.39 Å². The van der Waals surface area contributed by atoms with Crippen molar-refractivity contribution in [1.29, 1.82) is 0 Å². The Morgan fingerprint density at radius 3 is 2.40 bits per heavy atom. The molecule has 0 fully saturated rings. The van der Waals surface area contributed by atoms with Gasteiger partial charge in [0.1, 0.15) is 5.82 Å². The van der Waals surface area contributed by atoms with Gasteiger partial charge in [-0.2, -0.15) is 0 Å². The Bertz CT molecular complexity index is 632. The molecule has 0 unspecified atom stereocenters. The van der Waals surface area contributed by atoms with Crippen molar-refractivity contribution in [3.05, 3.63) is 64.5 Å². The quantitative estimate of drug-likeness (QED) is 0.830. The van der Waals surface area contributed by atoms with E-state index in [9.17, 15) is 9.18 Å². The lowest BCUT2D eigenvalue weighted by Crippen LogP contribution is -2.23. The van der Waals surface area contributed by atoms with Gasteiger partial charge in [-0.3, -0.25) is 4.79 Å². The number of nitrogens with one attached hydrogen (secondary N) is 1. The Labute approximate surface area is 123 Å². The number of carbonyl (C=O) groups is 1. The van der Waals surface area contributed by atoms with E-state index < -0.39 is 0 Å². The van der Waals surface area contributed by atoms with Gasteiger partial charge in [-0.05, 0) is 42.7 Å². The molecule has 0 aromatic heterocycles. The molecule has 0 aliphatic rings. The van der Waals surface area contributed by atoms with Gasteiger partial charge in [0.05, 0.1) is 5.56 Å². The molecule has 4 heteroatoms. The molecule has 0 saturated heterocycles. The number of carbonyl (C=O) groups excluding carboxylic acids is 1. The molecule has 0 heterocycles. The van der Waals surface area contributed by atoms with Gasteiger partial charge in [0.25, 0.3) is 5.91 Å². The second-order valence-electron chi connectivity index (χ2n) is 4.74. The summed E-state index contributed by atoms with van der Waals surface area (Å²) in [5.74, 6) is -0.379. The van der Waals surface area contributed by atoms with Crippen LogP contribution >= 0.6 is 12.6 Å². The third-order valence-electron chi connectivity index (χ3n) is 3.10. The van der Waals surface area contributed by atoms with Crippen LogP contribution < -0.4 is 5.32 Å². The van der Waals surface area contributed by atoms with Crippen molar-refractivity contribution in [2.24, 2.45) is 0 Å². The highest BCUT2D eigenvalue weighted by Crippen LogP contribution is 2.16. The largest absolute Gasteiger partial charge is 0.348 e. The van der Waals surface area contributed by atoms with Gasteiger partial charge in [0.2, 0.25) is 0 Å². The van der Waals surface area contributed by atoms with Crippen molar-refractivity contribution >= 4 is 18.5 Å². The van der Waals surface area contributed by atoms with Gasteiger partial charge in [0, 0.05) is 11.4 Å². The molecular weight excluding hydrogens is 273 g/mol. The van der Waals surface area contributed by atoms with E-state index in [1.165, 1.54) is 0 Å². The lowest BCUT2D eigenvalue weighted by Gasteiger charge is -2.09. The summed E-state index contributed by atoms with van der Waals surface area (Å²) in [6.45, 7) is 3.80. The first kappa shape index (κ1) is 14.6. The topological polar surface area (TPSA) is 29.1 Å². The standard InChI is InChI=1S/C16H16FNOS/c1-10-7-12(8-11(2)15(10)17)9-18-16(19)13-5-3-4-6-14(13)20/h3-8,20H,9H2,1-2H3,(H,18,19). The van der Waals surface area contributed by atoms with Crippen LogP contribution in [0.1, 0.15) is 27.0 Å². The maximum Gasteiger partial charge on any atom is 0.252 e. The molecular formula is C16H16FNOS. The highest BCUT2D eigenvalue weighted by Gasteiger charge is 2.09. The van der Waals surface area contributed by atoms with E-state index >= 15 is 0 Å². The van der Waals surface area contributed by atoms with Crippen LogP contribution in [0.5, 0.6) is 0 Å². The van der Waals surface area contributed by atoms with Crippen molar-refractivity contribution in [2.75, 3.05) is 0 Å². The normalized spacial score (nSPS) is 10.4. The van der Waals surface area contributed by atoms with Crippen molar-refractivity contribution in [3.8, 4) is 0 Å². The number of aryl methyl sites for hydroxylation is 2. The van der Waals surface area contributed by atoms with Crippen molar-refractivity contribution in [2.45, 2.75) is 25.3 Å². The zero-order chi connectivity index (χ0) is 14.7. The lowest BCUT2D eigenvalue weighted by molar-refractivity contribution is 0.0948. The van der Waals surface area contributed by atoms with Crippen molar-refractivity contribution in [1.82, 2.24) is 5.32 Å². The number of amides is 1. The minimum Gasteiger partial charge on any atom is -0.348 e. The summed E-state index contributed by atoms with van der Waals surface area (Å²) in [5, 5.41) is 2.82. The molecule has 20 heavy (non-hydrogen) atoms. The second kappa shape index (κ2) is 6.09. The molecule has 1 amide bonds. The van der Waals surface area contributed by atoms with Gasteiger partial charge < -0.3 is 5.32 Å².